The molecule has 0 amide bonds. The minimum atomic E-state index is -0.695. The van der Waals surface area contributed by atoms with E-state index in [1.807, 2.05) is 0 Å². The van der Waals surface area contributed by atoms with Gasteiger partial charge in [-0.25, -0.2) is 0 Å². The van der Waals surface area contributed by atoms with Crippen LogP contribution in [0.25, 0.3) is 12.2 Å². The third kappa shape index (κ3) is 4.61. The fourth-order valence-corrected chi connectivity index (χ4v) is 3.49. The molecule has 1 unspecified atom stereocenters. The fourth-order valence-electron chi connectivity index (χ4n) is 3.49. The van der Waals surface area contributed by atoms with E-state index in [-0.39, 0.29) is 41.7 Å². The number of hydrogen-bond acceptors (Lipinski definition) is 9. The molecule has 1 aliphatic rings. The Balaban J connectivity index is 2.06. The summed E-state index contributed by atoms with van der Waals surface area (Å²) >= 11 is 0. The molecule has 9 heteroatoms. The number of Topliss-reactive ketones (excluding diaryl/α,β-unsaturated/α-hetero) is 1. The smallest absolute Gasteiger partial charge is 0.309 e. The van der Waals surface area contributed by atoms with E-state index in [1.165, 1.54) is 12.2 Å². The number of hydrogen-bond donors (Lipinski definition) is 6. The molecule has 168 valence electrons. The Hall–Kier alpha value is -4.14. The van der Waals surface area contributed by atoms with Crippen LogP contribution in [0.5, 0.6) is 34.5 Å². The highest BCUT2D eigenvalue weighted by molar-refractivity contribution is 6.15. The number of ketones is 1. The molecule has 0 heterocycles. The average molecular weight is 442 g/mol. The van der Waals surface area contributed by atoms with Gasteiger partial charge in [-0.2, -0.15) is 0 Å². The second-order valence-corrected chi connectivity index (χ2v) is 7.34. The van der Waals surface area contributed by atoms with Crippen LogP contribution >= 0.6 is 0 Å². The topological polar surface area (TPSA) is 165 Å². The van der Waals surface area contributed by atoms with E-state index < -0.39 is 52.2 Å². The number of benzene rings is 2. The van der Waals surface area contributed by atoms with E-state index in [1.54, 1.807) is 6.92 Å². The van der Waals surface area contributed by atoms with Gasteiger partial charge in [-0.3, -0.25) is 9.59 Å². The molecule has 3 rings (SSSR count). The average Bonchev–Trinajstić information content (AvgIpc) is 2.73. The minimum Gasteiger partial charge on any atom is -0.504 e. The molecule has 2 aromatic rings. The number of carbonyl (C=O) groups excluding carboxylic acids is 2. The van der Waals surface area contributed by atoms with E-state index in [4.69, 9.17) is 4.74 Å². The first-order valence-corrected chi connectivity index (χ1v) is 9.73. The van der Waals surface area contributed by atoms with Gasteiger partial charge in [0.2, 0.25) is 0 Å². The van der Waals surface area contributed by atoms with Crippen LogP contribution in [0.2, 0.25) is 0 Å². The molecule has 1 aliphatic carbocycles. The van der Waals surface area contributed by atoms with Gasteiger partial charge < -0.3 is 35.4 Å². The van der Waals surface area contributed by atoms with Crippen molar-refractivity contribution in [2.75, 3.05) is 6.61 Å². The predicted octanol–water partition coefficient (Wildman–Crippen LogP) is 2.93. The Morgan fingerprint density at radius 3 is 1.56 bits per heavy atom. The molecular formula is C23H22O9. The molecule has 1 atom stereocenters. The van der Waals surface area contributed by atoms with Crippen molar-refractivity contribution < 1.29 is 45.0 Å². The lowest BCUT2D eigenvalue weighted by atomic mass is 9.79. The summed E-state index contributed by atoms with van der Waals surface area (Å²) < 4.78 is 5.09. The Morgan fingerprint density at radius 2 is 1.22 bits per heavy atom. The molecule has 1 fully saturated rings. The molecule has 2 aromatic carbocycles. The van der Waals surface area contributed by atoms with Crippen molar-refractivity contribution in [1.29, 1.82) is 0 Å². The minimum absolute atomic E-state index is 0.0451. The zero-order valence-corrected chi connectivity index (χ0v) is 17.1. The highest BCUT2D eigenvalue weighted by Crippen LogP contribution is 2.39. The predicted molar refractivity (Wildman–Crippen MR) is 113 cm³/mol. The van der Waals surface area contributed by atoms with Crippen molar-refractivity contribution in [2.24, 2.45) is 5.92 Å². The van der Waals surface area contributed by atoms with Crippen LogP contribution in [0.4, 0.5) is 0 Å². The van der Waals surface area contributed by atoms with Crippen molar-refractivity contribution in [2.45, 2.75) is 19.8 Å². The SMILES string of the molecule is CCOC(=O)C1C/C(=C/c2cc(O)c(O)c(O)c2)C(=O)/C(=C/c2cc(O)c(O)c(O)c2)C1. The monoisotopic (exact) mass is 442 g/mol. The van der Waals surface area contributed by atoms with Crippen molar-refractivity contribution in [3.05, 3.63) is 46.5 Å². The number of phenolic OH excluding ortho intramolecular Hbond substituents is 6. The number of carbonyl (C=O) groups is 2. The van der Waals surface area contributed by atoms with Crippen molar-refractivity contribution in [1.82, 2.24) is 0 Å². The summed E-state index contributed by atoms with van der Waals surface area (Å²) in [7, 11) is 0. The normalized spacial score (nSPS) is 18.8. The lowest BCUT2D eigenvalue weighted by molar-refractivity contribution is -0.148. The van der Waals surface area contributed by atoms with Gasteiger partial charge in [0.05, 0.1) is 12.5 Å². The zero-order valence-electron chi connectivity index (χ0n) is 17.1. The molecule has 0 radical (unpaired) electrons. The third-order valence-electron chi connectivity index (χ3n) is 5.00. The number of aromatic hydroxyl groups is 6. The van der Waals surface area contributed by atoms with E-state index in [0.717, 1.165) is 24.3 Å². The Labute approximate surface area is 182 Å². The van der Waals surface area contributed by atoms with Crippen LogP contribution in [0.15, 0.2) is 35.4 Å². The molecule has 9 nitrogen and oxygen atoms in total. The summed E-state index contributed by atoms with van der Waals surface area (Å²) in [5.41, 5.74) is 0.837. The van der Waals surface area contributed by atoms with Gasteiger partial charge in [0.25, 0.3) is 0 Å². The van der Waals surface area contributed by atoms with Gasteiger partial charge in [0, 0.05) is 11.1 Å². The summed E-state index contributed by atoms with van der Waals surface area (Å²) in [5, 5.41) is 58.0. The maximum atomic E-state index is 13.1. The fraction of sp³-hybridized carbons (Fsp3) is 0.217. The number of allylic oxidation sites excluding steroid dienone is 2. The van der Waals surface area contributed by atoms with E-state index in [0.29, 0.717) is 0 Å². The van der Waals surface area contributed by atoms with Gasteiger partial charge in [-0.1, -0.05) is 0 Å². The highest BCUT2D eigenvalue weighted by atomic mass is 16.5. The molecule has 0 saturated heterocycles. The van der Waals surface area contributed by atoms with Crippen LogP contribution in [0.1, 0.15) is 30.9 Å². The molecule has 0 spiro atoms. The lowest BCUT2D eigenvalue weighted by Gasteiger charge is -2.24. The van der Waals surface area contributed by atoms with E-state index >= 15 is 0 Å². The Kier molecular flexibility index (Phi) is 6.29. The molecule has 0 aromatic heterocycles. The Bertz CT molecular complexity index is 1020. The summed E-state index contributed by atoms with van der Waals surface area (Å²) in [4.78, 5) is 25.5. The van der Waals surface area contributed by atoms with Crippen molar-refractivity contribution >= 4 is 23.9 Å². The first-order valence-electron chi connectivity index (χ1n) is 9.73. The Morgan fingerprint density at radius 1 is 0.844 bits per heavy atom. The van der Waals surface area contributed by atoms with Crippen LogP contribution in [-0.2, 0) is 14.3 Å². The molecular weight excluding hydrogens is 420 g/mol. The van der Waals surface area contributed by atoms with Crippen LogP contribution in [0.3, 0.4) is 0 Å². The molecule has 1 saturated carbocycles. The number of esters is 1. The third-order valence-corrected chi connectivity index (χ3v) is 5.00. The van der Waals surface area contributed by atoms with E-state index in [9.17, 15) is 40.2 Å². The largest absolute Gasteiger partial charge is 0.504 e. The zero-order chi connectivity index (χ0) is 23.6. The quantitative estimate of drug-likeness (QED) is 0.237. The van der Waals surface area contributed by atoms with Crippen molar-refractivity contribution in [3.63, 3.8) is 0 Å². The lowest BCUT2D eigenvalue weighted by Crippen LogP contribution is -2.27. The maximum absolute atomic E-state index is 13.1. The second kappa shape index (κ2) is 8.93. The van der Waals surface area contributed by atoms with Crippen LogP contribution in [-0.4, -0.2) is 49.0 Å². The first-order chi connectivity index (χ1) is 15.1. The molecule has 0 bridgehead atoms. The van der Waals surface area contributed by atoms with Gasteiger partial charge in [0.1, 0.15) is 0 Å². The van der Waals surface area contributed by atoms with Crippen LogP contribution < -0.4 is 0 Å². The molecule has 6 N–H and O–H groups in total. The highest BCUT2D eigenvalue weighted by Gasteiger charge is 2.33. The number of rotatable bonds is 4. The summed E-state index contributed by atoms with van der Waals surface area (Å²) in [5.74, 6) is -5.32. The summed E-state index contributed by atoms with van der Waals surface area (Å²) in [6, 6.07) is 4.62. The van der Waals surface area contributed by atoms with Crippen LogP contribution in [0, 0.1) is 5.92 Å². The molecule has 32 heavy (non-hydrogen) atoms. The first kappa shape index (κ1) is 22.5. The van der Waals surface area contributed by atoms with Crippen molar-refractivity contribution in [3.8, 4) is 34.5 Å². The number of phenols is 6. The number of ether oxygens (including phenoxy) is 1. The van der Waals surface area contributed by atoms with Gasteiger partial charge in [-0.15, -0.1) is 0 Å². The summed E-state index contributed by atoms with van der Waals surface area (Å²) in [6.07, 6.45) is 2.85. The maximum Gasteiger partial charge on any atom is 0.309 e. The molecule has 0 aliphatic heterocycles. The standard InChI is InChI=1S/C23H22O9/c1-2-32-23(31)15-9-13(3-11-5-16(24)21(29)17(25)6-11)20(28)14(10-15)4-12-7-18(26)22(30)19(27)8-12/h3-8,15,24-27,29-30H,2,9-10H2,1H3/b13-3-,14-4+. The van der Waals surface area contributed by atoms with E-state index in [2.05, 4.69) is 0 Å². The van der Waals surface area contributed by atoms with Gasteiger partial charge in [0.15, 0.2) is 40.3 Å². The van der Waals surface area contributed by atoms with Gasteiger partial charge >= 0.3 is 5.97 Å². The summed E-state index contributed by atoms with van der Waals surface area (Å²) in [6.45, 7) is 1.81. The van der Waals surface area contributed by atoms with Gasteiger partial charge in [-0.05, 0) is 67.3 Å². The second-order valence-electron chi connectivity index (χ2n) is 7.34.